The third-order valence-electron chi connectivity index (χ3n) is 4.56. The number of rotatable bonds is 4. The van der Waals surface area contributed by atoms with Gasteiger partial charge in [-0.1, -0.05) is 44.5 Å². The van der Waals surface area contributed by atoms with Crippen LogP contribution < -0.4 is 4.74 Å². The molecule has 0 atom stereocenters. The molecule has 3 rings (SSSR count). The lowest BCUT2D eigenvalue weighted by molar-refractivity contribution is -0.120. The minimum absolute atomic E-state index is 0.0486. The number of carbonyl (C=O) groups excluding carboxylic acids is 1. The Hall–Kier alpha value is -3.15. The van der Waals surface area contributed by atoms with Crippen LogP contribution in [0.15, 0.2) is 46.6 Å². The average Bonchev–Trinajstić information content (AvgIpc) is 2.92. The summed E-state index contributed by atoms with van der Waals surface area (Å²) in [6.07, 6.45) is 0. The predicted molar refractivity (Wildman–Crippen MR) is 110 cm³/mol. The SMILES string of the molecule is Cc1ccc2[nH]c(O)c(N=NC(=O)COc3ccc(C(C)(C)C)cc3C)c2c1. The van der Waals surface area contributed by atoms with Crippen molar-refractivity contribution in [2.75, 3.05) is 6.61 Å². The van der Waals surface area contributed by atoms with Crippen molar-refractivity contribution in [2.45, 2.75) is 40.0 Å². The van der Waals surface area contributed by atoms with Crippen molar-refractivity contribution in [2.24, 2.45) is 10.2 Å². The quantitative estimate of drug-likeness (QED) is 0.589. The minimum atomic E-state index is -0.527. The lowest BCUT2D eigenvalue weighted by atomic mass is 9.86. The minimum Gasteiger partial charge on any atom is -0.493 e. The number of carbonyl (C=O) groups is 1. The van der Waals surface area contributed by atoms with Crippen molar-refractivity contribution < 1.29 is 14.6 Å². The fourth-order valence-corrected chi connectivity index (χ4v) is 2.93. The van der Waals surface area contributed by atoms with Crippen molar-refractivity contribution in [3.8, 4) is 11.6 Å². The van der Waals surface area contributed by atoms with E-state index in [1.54, 1.807) is 0 Å². The first kappa shape index (κ1) is 19.6. The van der Waals surface area contributed by atoms with E-state index in [1.807, 2.05) is 44.2 Å². The molecular formula is C22H25N3O3. The highest BCUT2D eigenvalue weighted by Gasteiger charge is 2.15. The van der Waals surface area contributed by atoms with Crippen LogP contribution >= 0.6 is 0 Å². The maximum atomic E-state index is 12.1. The van der Waals surface area contributed by atoms with Gasteiger partial charge >= 0.3 is 5.91 Å². The molecule has 0 aliphatic rings. The molecule has 3 aromatic rings. The number of hydrogen-bond acceptors (Lipinski definition) is 4. The van der Waals surface area contributed by atoms with Crippen LogP contribution in [0.1, 0.15) is 37.5 Å². The molecule has 0 unspecified atom stereocenters. The number of H-pyrrole nitrogens is 1. The zero-order chi connectivity index (χ0) is 20.5. The zero-order valence-electron chi connectivity index (χ0n) is 16.8. The van der Waals surface area contributed by atoms with Gasteiger partial charge in [0.15, 0.2) is 12.3 Å². The van der Waals surface area contributed by atoms with Gasteiger partial charge in [-0.3, -0.25) is 4.79 Å². The fourth-order valence-electron chi connectivity index (χ4n) is 2.93. The summed E-state index contributed by atoms with van der Waals surface area (Å²) >= 11 is 0. The fraction of sp³-hybridized carbons (Fsp3) is 0.318. The third-order valence-corrected chi connectivity index (χ3v) is 4.56. The molecule has 1 amide bonds. The highest BCUT2D eigenvalue weighted by atomic mass is 16.5. The van der Waals surface area contributed by atoms with Gasteiger partial charge in [-0.05, 0) is 48.6 Å². The molecule has 0 aliphatic heterocycles. The molecule has 1 heterocycles. The molecule has 0 saturated heterocycles. The summed E-state index contributed by atoms with van der Waals surface area (Å²) < 4.78 is 5.60. The normalized spacial score (nSPS) is 12.0. The molecule has 0 fully saturated rings. The van der Waals surface area contributed by atoms with Gasteiger partial charge in [-0.15, -0.1) is 10.2 Å². The van der Waals surface area contributed by atoms with Crippen molar-refractivity contribution in [1.29, 1.82) is 0 Å². The van der Waals surface area contributed by atoms with Crippen LogP contribution in [0.5, 0.6) is 11.6 Å². The first-order chi connectivity index (χ1) is 13.1. The van der Waals surface area contributed by atoms with Gasteiger partial charge < -0.3 is 14.8 Å². The molecule has 0 bridgehead atoms. The van der Waals surface area contributed by atoms with Gasteiger partial charge in [0.2, 0.25) is 5.88 Å². The van der Waals surface area contributed by atoms with Gasteiger partial charge in [0.05, 0.1) is 5.52 Å². The Morgan fingerprint density at radius 1 is 1.14 bits per heavy atom. The number of aromatic hydroxyl groups is 1. The number of amides is 1. The molecule has 0 saturated carbocycles. The predicted octanol–water partition coefficient (Wildman–Crippen LogP) is 5.48. The Balaban J connectivity index is 1.70. The monoisotopic (exact) mass is 379 g/mol. The van der Waals surface area contributed by atoms with Crippen molar-refractivity contribution in [3.05, 3.63) is 53.1 Å². The van der Waals surface area contributed by atoms with Crippen molar-refractivity contribution in [1.82, 2.24) is 4.98 Å². The highest BCUT2D eigenvalue weighted by molar-refractivity contribution is 5.94. The largest absolute Gasteiger partial charge is 0.493 e. The smallest absolute Gasteiger partial charge is 0.302 e. The van der Waals surface area contributed by atoms with Crippen LogP contribution in [0.3, 0.4) is 0 Å². The maximum Gasteiger partial charge on any atom is 0.302 e. The first-order valence-electron chi connectivity index (χ1n) is 9.15. The van der Waals surface area contributed by atoms with E-state index in [0.717, 1.165) is 16.6 Å². The Morgan fingerprint density at radius 2 is 1.89 bits per heavy atom. The number of aryl methyl sites for hydroxylation is 2. The third kappa shape index (κ3) is 4.22. The summed E-state index contributed by atoms with van der Waals surface area (Å²) in [4.78, 5) is 14.9. The van der Waals surface area contributed by atoms with E-state index in [1.165, 1.54) is 5.56 Å². The Labute approximate surface area is 164 Å². The van der Waals surface area contributed by atoms with Gasteiger partial charge in [-0.2, -0.15) is 0 Å². The summed E-state index contributed by atoms with van der Waals surface area (Å²) in [5.41, 5.74) is 4.21. The average molecular weight is 379 g/mol. The van der Waals surface area contributed by atoms with Gasteiger partial charge in [-0.25, -0.2) is 0 Å². The van der Waals surface area contributed by atoms with Crippen LogP contribution in [0.25, 0.3) is 10.9 Å². The number of benzene rings is 2. The number of ether oxygens (including phenoxy) is 1. The van der Waals surface area contributed by atoms with Gasteiger partial charge in [0.1, 0.15) is 5.75 Å². The second-order valence-corrected chi connectivity index (χ2v) is 7.98. The second-order valence-electron chi connectivity index (χ2n) is 7.98. The van der Waals surface area contributed by atoms with Gasteiger partial charge in [0, 0.05) is 5.39 Å². The molecule has 1 aromatic heterocycles. The van der Waals surface area contributed by atoms with E-state index in [-0.39, 0.29) is 23.6 Å². The second kappa shape index (κ2) is 7.46. The van der Waals surface area contributed by atoms with E-state index < -0.39 is 5.91 Å². The number of aromatic nitrogens is 1. The number of nitrogens with zero attached hydrogens (tertiary/aromatic N) is 2. The molecule has 28 heavy (non-hydrogen) atoms. The maximum absolute atomic E-state index is 12.1. The van der Waals surface area contributed by atoms with Crippen molar-refractivity contribution in [3.63, 3.8) is 0 Å². The first-order valence-corrected chi connectivity index (χ1v) is 9.15. The summed E-state index contributed by atoms with van der Waals surface area (Å²) in [7, 11) is 0. The number of azo groups is 1. The molecule has 0 spiro atoms. The molecule has 6 heteroatoms. The Morgan fingerprint density at radius 3 is 2.57 bits per heavy atom. The molecular weight excluding hydrogens is 354 g/mol. The lowest BCUT2D eigenvalue weighted by Crippen LogP contribution is -2.12. The number of fused-ring (bicyclic) bond motifs is 1. The summed E-state index contributed by atoms with van der Waals surface area (Å²) in [5, 5.41) is 18.4. The molecule has 146 valence electrons. The topological polar surface area (TPSA) is 87.0 Å². The van der Waals surface area contributed by atoms with E-state index >= 15 is 0 Å². The molecule has 6 nitrogen and oxygen atoms in total. The van der Waals surface area contributed by atoms with Crippen LogP contribution in [0.2, 0.25) is 0 Å². The van der Waals surface area contributed by atoms with Crippen molar-refractivity contribution >= 4 is 22.5 Å². The Kier molecular flexibility index (Phi) is 5.23. The number of aromatic amines is 1. The van der Waals surface area contributed by atoms with E-state index in [9.17, 15) is 9.90 Å². The molecule has 0 aliphatic carbocycles. The summed E-state index contributed by atoms with van der Waals surface area (Å²) in [6.45, 7) is 10.1. The lowest BCUT2D eigenvalue weighted by Gasteiger charge is -2.20. The number of hydrogen-bond donors (Lipinski definition) is 2. The van der Waals surface area contributed by atoms with Crippen LogP contribution in [0, 0.1) is 13.8 Å². The molecule has 2 N–H and O–H groups in total. The molecule has 2 aromatic carbocycles. The highest BCUT2D eigenvalue weighted by Crippen LogP contribution is 2.36. The standard InChI is InChI=1S/C22H25N3O3/c1-13-6-8-17-16(10-13)20(21(27)23-17)25-24-19(26)12-28-18-9-7-15(11-14(18)2)22(3,4)5/h6-11,23,27H,12H2,1-5H3. The summed E-state index contributed by atoms with van der Waals surface area (Å²) in [5.74, 6) is -0.00509. The van der Waals surface area contributed by atoms with E-state index in [2.05, 4.69) is 42.1 Å². The van der Waals surface area contributed by atoms with Crippen LogP contribution in [0.4, 0.5) is 5.69 Å². The number of nitrogens with one attached hydrogen (secondary N) is 1. The van der Waals surface area contributed by atoms with Crippen LogP contribution in [-0.2, 0) is 10.2 Å². The Bertz CT molecular complexity index is 1060. The summed E-state index contributed by atoms with van der Waals surface area (Å²) in [6, 6.07) is 11.6. The van der Waals surface area contributed by atoms with Gasteiger partial charge in [0.25, 0.3) is 0 Å². The molecule has 0 radical (unpaired) electrons. The van der Waals surface area contributed by atoms with Crippen LogP contribution in [-0.4, -0.2) is 22.6 Å². The zero-order valence-corrected chi connectivity index (χ0v) is 16.8. The van der Waals surface area contributed by atoms with E-state index in [4.69, 9.17) is 4.74 Å². The van der Waals surface area contributed by atoms with E-state index in [0.29, 0.717) is 11.1 Å².